The number of aromatic nitrogens is 2. The van der Waals surface area contributed by atoms with Crippen LogP contribution in [0.5, 0.6) is 0 Å². The SMILES string of the molecule is CC(C)(C)n1ccnc(SCCCl)c1=O. The zero-order valence-electron chi connectivity index (χ0n) is 9.16. The van der Waals surface area contributed by atoms with E-state index in [4.69, 9.17) is 11.6 Å². The Morgan fingerprint density at radius 3 is 2.73 bits per heavy atom. The lowest BCUT2D eigenvalue weighted by Crippen LogP contribution is -2.34. The van der Waals surface area contributed by atoms with Crippen LogP contribution in [0.3, 0.4) is 0 Å². The van der Waals surface area contributed by atoms with Crippen LogP contribution < -0.4 is 5.56 Å². The van der Waals surface area contributed by atoms with Crippen molar-refractivity contribution in [2.24, 2.45) is 0 Å². The van der Waals surface area contributed by atoms with Gasteiger partial charge < -0.3 is 4.57 Å². The summed E-state index contributed by atoms with van der Waals surface area (Å²) in [7, 11) is 0. The van der Waals surface area contributed by atoms with Gasteiger partial charge in [-0.2, -0.15) is 0 Å². The number of halogens is 1. The molecule has 0 atom stereocenters. The van der Waals surface area contributed by atoms with Crippen molar-refractivity contribution in [3.8, 4) is 0 Å². The highest BCUT2D eigenvalue weighted by Crippen LogP contribution is 2.14. The molecule has 0 aromatic carbocycles. The first kappa shape index (κ1) is 12.6. The smallest absolute Gasteiger partial charge is 0.283 e. The monoisotopic (exact) mass is 246 g/mol. The van der Waals surface area contributed by atoms with Gasteiger partial charge in [0.05, 0.1) is 0 Å². The highest BCUT2D eigenvalue weighted by molar-refractivity contribution is 7.99. The van der Waals surface area contributed by atoms with Crippen LogP contribution in [-0.4, -0.2) is 21.2 Å². The van der Waals surface area contributed by atoms with Crippen LogP contribution in [0.15, 0.2) is 22.2 Å². The summed E-state index contributed by atoms with van der Waals surface area (Å²) in [6, 6.07) is 0. The number of nitrogens with zero attached hydrogens (tertiary/aromatic N) is 2. The Morgan fingerprint density at radius 2 is 2.20 bits per heavy atom. The van der Waals surface area contributed by atoms with Crippen molar-refractivity contribution in [3.63, 3.8) is 0 Å². The van der Waals surface area contributed by atoms with Crippen molar-refractivity contribution in [2.75, 3.05) is 11.6 Å². The summed E-state index contributed by atoms with van der Waals surface area (Å²) in [5, 5.41) is 0.521. The molecule has 0 fully saturated rings. The van der Waals surface area contributed by atoms with Crippen LogP contribution in [0.25, 0.3) is 0 Å². The fourth-order valence-electron chi connectivity index (χ4n) is 1.16. The summed E-state index contributed by atoms with van der Waals surface area (Å²) < 4.78 is 1.69. The first-order chi connectivity index (χ1) is 6.96. The average molecular weight is 247 g/mol. The average Bonchev–Trinajstić information content (AvgIpc) is 2.14. The third-order valence-corrected chi connectivity index (χ3v) is 3.22. The summed E-state index contributed by atoms with van der Waals surface area (Å²) >= 11 is 6.98. The fraction of sp³-hybridized carbons (Fsp3) is 0.600. The van der Waals surface area contributed by atoms with Crippen LogP contribution in [-0.2, 0) is 5.54 Å². The van der Waals surface area contributed by atoms with E-state index in [0.29, 0.717) is 16.7 Å². The molecular weight excluding hydrogens is 232 g/mol. The van der Waals surface area contributed by atoms with Gasteiger partial charge >= 0.3 is 0 Å². The molecule has 15 heavy (non-hydrogen) atoms. The minimum Gasteiger partial charge on any atom is -0.306 e. The topological polar surface area (TPSA) is 34.9 Å². The highest BCUT2D eigenvalue weighted by Gasteiger charge is 2.16. The second kappa shape index (κ2) is 5.03. The van der Waals surface area contributed by atoms with E-state index in [2.05, 4.69) is 4.98 Å². The number of thioether (sulfide) groups is 1. The van der Waals surface area contributed by atoms with Gasteiger partial charge in [0.25, 0.3) is 5.56 Å². The minimum absolute atomic E-state index is 0.0416. The largest absolute Gasteiger partial charge is 0.306 e. The lowest BCUT2D eigenvalue weighted by molar-refractivity contribution is 0.377. The fourth-order valence-corrected chi connectivity index (χ4v) is 2.02. The quantitative estimate of drug-likeness (QED) is 0.607. The van der Waals surface area contributed by atoms with E-state index in [9.17, 15) is 4.79 Å². The molecule has 3 nitrogen and oxygen atoms in total. The van der Waals surface area contributed by atoms with Gasteiger partial charge in [0.2, 0.25) is 0 Å². The molecule has 1 aromatic heterocycles. The van der Waals surface area contributed by atoms with Gasteiger partial charge in [0, 0.05) is 29.6 Å². The number of hydrogen-bond donors (Lipinski definition) is 0. The predicted octanol–water partition coefficient (Wildman–Crippen LogP) is 2.33. The molecule has 0 saturated heterocycles. The lowest BCUT2D eigenvalue weighted by atomic mass is 10.1. The van der Waals surface area contributed by atoms with Crippen LogP contribution in [0.1, 0.15) is 20.8 Å². The van der Waals surface area contributed by atoms with E-state index < -0.39 is 0 Å². The third-order valence-electron chi connectivity index (χ3n) is 1.85. The van der Waals surface area contributed by atoms with Crippen molar-refractivity contribution in [1.82, 2.24) is 9.55 Å². The van der Waals surface area contributed by atoms with Crippen LogP contribution >= 0.6 is 23.4 Å². The van der Waals surface area contributed by atoms with Crippen LogP contribution in [0.4, 0.5) is 0 Å². The third kappa shape index (κ3) is 3.24. The Bertz CT molecular complexity index is 384. The van der Waals surface area contributed by atoms with Gasteiger partial charge in [0.15, 0.2) is 5.03 Å². The van der Waals surface area contributed by atoms with Gasteiger partial charge in [-0.15, -0.1) is 11.6 Å². The Morgan fingerprint density at radius 1 is 1.53 bits per heavy atom. The molecule has 84 valence electrons. The summed E-state index contributed by atoms with van der Waals surface area (Å²) in [6.07, 6.45) is 3.37. The van der Waals surface area contributed by atoms with Gasteiger partial charge in [-0.3, -0.25) is 4.79 Å². The Balaban J connectivity index is 3.07. The number of rotatable bonds is 3. The highest BCUT2D eigenvalue weighted by atomic mass is 35.5. The summed E-state index contributed by atoms with van der Waals surface area (Å²) in [5.74, 6) is 1.23. The van der Waals surface area contributed by atoms with E-state index in [1.807, 2.05) is 20.8 Å². The minimum atomic E-state index is -0.212. The van der Waals surface area contributed by atoms with Crippen molar-refractivity contribution in [1.29, 1.82) is 0 Å². The standard InChI is InChI=1S/C10H15ClN2OS/c1-10(2,3)13-6-5-12-8(9(13)14)15-7-4-11/h5-6H,4,7H2,1-3H3. The van der Waals surface area contributed by atoms with Crippen molar-refractivity contribution in [3.05, 3.63) is 22.7 Å². The van der Waals surface area contributed by atoms with E-state index in [-0.39, 0.29) is 11.1 Å². The van der Waals surface area contributed by atoms with Gasteiger partial charge in [-0.05, 0) is 20.8 Å². The molecule has 0 N–H and O–H groups in total. The summed E-state index contributed by atoms with van der Waals surface area (Å²) in [4.78, 5) is 16.0. The van der Waals surface area contributed by atoms with E-state index in [0.717, 1.165) is 0 Å². The molecule has 1 heterocycles. The van der Waals surface area contributed by atoms with Gasteiger partial charge in [-0.1, -0.05) is 11.8 Å². The maximum atomic E-state index is 12.0. The van der Waals surface area contributed by atoms with E-state index in [1.165, 1.54) is 11.8 Å². The van der Waals surface area contributed by atoms with E-state index >= 15 is 0 Å². The molecule has 5 heteroatoms. The predicted molar refractivity (Wildman–Crippen MR) is 64.9 cm³/mol. The Hall–Kier alpha value is -0.480. The molecule has 0 radical (unpaired) electrons. The first-order valence-corrected chi connectivity index (χ1v) is 6.25. The molecule has 0 aliphatic carbocycles. The summed E-state index contributed by atoms with van der Waals surface area (Å²) in [5.41, 5.74) is -0.254. The van der Waals surface area contributed by atoms with E-state index in [1.54, 1.807) is 17.0 Å². The zero-order valence-corrected chi connectivity index (χ0v) is 10.7. The lowest BCUT2D eigenvalue weighted by Gasteiger charge is -2.22. The normalized spacial score (nSPS) is 11.7. The van der Waals surface area contributed by atoms with Crippen molar-refractivity contribution < 1.29 is 0 Å². The molecule has 0 aliphatic heterocycles. The molecule has 1 rings (SSSR count). The van der Waals surface area contributed by atoms with Crippen molar-refractivity contribution in [2.45, 2.75) is 31.3 Å². The molecule has 0 aliphatic rings. The molecule has 0 spiro atoms. The maximum absolute atomic E-state index is 12.0. The second-order valence-corrected chi connectivity index (χ2v) is 5.58. The molecule has 1 aromatic rings. The number of hydrogen-bond acceptors (Lipinski definition) is 3. The molecular formula is C10H15ClN2OS. The van der Waals surface area contributed by atoms with Crippen LogP contribution in [0, 0.1) is 0 Å². The molecule has 0 unspecified atom stereocenters. The van der Waals surface area contributed by atoms with Crippen LogP contribution in [0.2, 0.25) is 0 Å². The van der Waals surface area contributed by atoms with Crippen molar-refractivity contribution >= 4 is 23.4 Å². The maximum Gasteiger partial charge on any atom is 0.283 e. The molecule has 0 saturated carbocycles. The Labute approximate surface area is 98.9 Å². The second-order valence-electron chi connectivity index (χ2n) is 4.12. The number of alkyl halides is 1. The molecule has 0 bridgehead atoms. The summed E-state index contributed by atoms with van der Waals surface area (Å²) in [6.45, 7) is 5.97. The van der Waals surface area contributed by atoms with Gasteiger partial charge in [0.1, 0.15) is 0 Å². The first-order valence-electron chi connectivity index (χ1n) is 4.73. The Kier molecular flexibility index (Phi) is 4.22. The zero-order chi connectivity index (χ0) is 11.5. The van der Waals surface area contributed by atoms with Gasteiger partial charge in [-0.25, -0.2) is 4.98 Å². The molecule has 0 amide bonds.